The lowest BCUT2D eigenvalue weighted by Gasteiger charge is -2.19. The maximum atomic E-state index is 11.9. The Bertz CT molecular complexity index is 402. The van der Waals surface area contributed by atoms with Crippen LogP contribution in [0.25, 0.3) is 0 Å². The largest absolute Gasteiger partial charge is 0.462 e. The molecule has 2 rings (SSSR count). The number of benzene rings is 1. The summed E-state index contributed by atoms with van der Waals surface area (Å²) >= 11 is 0. The normalized spacial score (nSPS) is 24.1. The van der Waals surface area contributed by atoms with Crippen LogP contribution < -0.4 is 0 Å². The Kier molecular flexibility index (Phi) is 4.97. The lowest BCUT2D eigenvalue weighted by Crippen LogP contribution is -2.25. The number of hydrogen-bond acceptors (Lipinski definition) is 3. The first-order valence-corrected chi connectivity index (χ1v) is 7.06. The van der Waals surface area contributed by atoms with E-state index in [1.54, 1.807) is 0 Å². The molecule has 0 aromatic heterocycles. The van der Waals surface area contributed by atoms with Gasteiger partial charge in [-0.25, -0.2) is 0 Å². The number of aliphatic hydroxyl groups excluding tert-OH is 1. The average Bonchev–Trinajstić information content (AvgIpc) is 2.86. The number of aliphatic hydroxyl groups is 1. The van der Waals surface area contributed by atoms with E-state index in [0.717, 1.165) is 24.8 Å². The zero-order chi connectivity index (χ0) is 13.7. The highest BCUT2D eigenvalue weighted by molar-refractivity contribution is 5.70. The van der Waals surface area contributed by atoms with E-state index in [9.17, 15) is 9.90 Å². The fraction of sp³-hybridized carbons (Fsp3) is 0.562. The Labute approximate surface area is 114 Å². The van der Waals surface area contributed by atoms with Crippen LogP contribution in [0.15, 0.2) is 30.3 Å². The SMILES string of the molecule is C[C@@H](CC(=O)O[C@@H]1CCC[C@H]1CO)c1ccccc1. The molecule has 1 saturated carbocycles. The van der Waals surface area contributed by atoms with Crippen molar-refractivity contribution in [2.45, 2.75) is 44.6 Å². The van der Waals surface area contributed by atoms with E-state index < -0.39 is 0 Å². The predicted molar refractivity (Wildman–Crippen MR) is 73.8 cm³/mol. The molecule has 0 radical (unpaired) electrons. The van der Waals surface area contributed by atoms with Crippen LogP contribution in [-0.4, -0.2) is 23.8 Å². The molecule has 0 bridgehead atoms. The molecule has 3 atom stereocenters. The van der Waals surface area contributed by atoms with Crippen molar-refractivity contribution < 1.29 is 14.6 Å². The summed E-state index contributed by atoms with van der Waals surface area (Å²) in [6.07, 6.45) is 3.20. The van der Waals surface area contributed by atoms with Crippen LogP contribution in [0.4, 0.5) is 0 Å². The van der Waals surface area contributed by atoms with Crippen molar-refractivity contribution in [2.24, 2.45) is 5.92 Å². The number of ether oxygens (including phenoxy) is 1. The van der Waals surface area contributed by atoms with Gasteiger partial charge in [0.1, 0.15) is 6.10 Å². The Morgan fingerprint density at radius 2 is 2.11 bits per heavy atom. The molecular weight excluding hydrogens is 240 g/mol. The van der Waals surface area contributed by atoms with Crippen molar-refractivity contribution >= 4 is 5.97 Å². The molecule has 19 heavy (non-hydrogen) atoms. The van der Waals surface area contributed by atoms with Gasteiger partial charge in [-0.15, -0.1) is 0 Å². The van der Waals surface area contributed by atoms with Crippen molar-refractivity contribution in [3.8, 4) is 0 Å². The number of carbonyl (C=O) groups excluding carboxylic acids is 1. The fourth-order valence-corrected chi connectivity index (χ4v) is 2.73. The zero-order valence-corrected chi connectivity index (χ0v) is 11.4. The highest BCUT2D eigenvalue weighted by Gasteiger charge is 2.30. The maximum absolute atomic E-state index is 11.9. The van der Waals surface area contributed by atoms with E-state index in [-0.39, 0.29) is 30.5 Å². The summed E-state index contributed by atoms with van der Waals surface area (Å²) in [5, 5.41) is 9.22. The Morgan fingerprint density at radius 3 is 2.79 bits per heavy atom. The van der Waals surface area contributed by atoms with Gasteiger partial charge in [0, 0.05) is 12.5 Å². The summed E-state index contributed by atoms with van der Waals surface area (Å²) in [6, 6.07) is 10.00. The van der Waals surface area contributed by atoms with Crippen molar-refractivity contribution in [2.75, 3.05) is 6.61 Å². The summed E-state index contributed by atoms with van der Waals surface area (Å²) in [5.74, 6) is 0.153. The first kappa shape index (κ1) is 14.1. The second-order valence-electron chi connectivity index (χ2n) is 5.42. The molecular formula is C16H22O3. The summed E-state index contributed by atoms with van der Waals surface area (Å²) in [5.41, 5.74) is 1.16. The van der Waals surface area contributed by atoms with Crippen LogP contribution in [0.1, 0.15) is 44.1 Å². The van der Waals surface area contributed by atoms with Gasteiger partial charge >= 0.3 is 5.97 Å². The van der Waals surface area contributed by atoms with Gasteiger partial charge in [0.25, 0.3) is 0 Å². The van der Waals surface area contributed by atoms with E-state index in [1.165, 1.54) is 0 Å². The summed E-state index contributed by atoms with van der Waals surface area (Å²) in [7, 11) is 0. The minimum Gasteiger partial charge on any atom is -0.462 e. The number of hydrogen-bond donors (Lipinski definition) is 1. The molecule has 104 valence electrons. The standard InChI is InChI=1S/C16H22O3/c1-12(13-6-3-2-4-7-13)10-16(18)19-15-9-5-8-14(15)11-17/h2-4,6-7,12,14-15,17H,5,8-11H2,1H3/t12-,14-,15+/m0/s1. The first-order valence-electron chi connectivity index (χ1n) is 7.06. The second kappa shape index (κ2) is 6.71. The molecule has 1 aliphatic rings. The van der Waals surface area contributed by atoms with E-state index >= 15 is 0 Å². The molecule has 0 spiro atoms. The minimum atomic E-state index is -0.151. The quantitative estimate of drug-likeness (QED) is 0.830. The van der Waals surface area contributed by atoms with Gasteiger partial charge in [-0.1, -0.05) is 37.3 Å². The van der Waals surface area contributed by atoms with Crippen LogP contribution in [0, 0.1) is 5.92 Å². The Morgan fingerprint density at radius 1 is 1.37 bits per heavy atom. The molecule has 1 aliphatic carbocycles. The Hall–Kier alpha value is -1.35. The fourth-order valence-electron chi connectivity index (χ4n) is 2.73. The molecule has 1 aromatic carbocycles. The number of carbonyl (C=O) groups is 1. The third-order valence-electron chi connectivity index (χ3n) is 3.95. The molecule has 3 nitrogen and oxygen atoms in total. The van der Waals surface area contributed by atoms with E-state index in [1.807, 2.05) is 37.3 Å². The maximum Gasteiger partial charge on any atom is 0.306 e. The smallest absolute Gasteiger partial charge is 0.306 e. The number of esters is 1. The van der Waals surface area contributed by atoms with Gasteiger partial charge < -0.3 is 9.84 Å². The van der Waals surface area contributed by atoms with E-state index in [0.29, 0.717) is 6.42 Å². The molecule has 1 aromatic rings. The van der Waals surface area contributed by atoms with Crippen LogP contribution >= 0.6 is 0 Å². The molecule has 0 saturated heterocycles. The van der Waals surface area contributed by atoms with Crippen LogP contribution in [0.5, 0.6) is 0 Å². The molecule has 1 N–H and O–H groups in total. The third-order valence-corrected chi connectivity index (χ3v) is 3.95. The minimum absolute atomic E-state index is 0.0829. The topological polar surface area (TPSA) is 46.5 Å². The third kappa shape index (κ3) is 3.80. The van der Waals surface area contributed by atoms with Crippen molar-refractivity contribution in [1.29, 1.82) is 0 Å². The predicted octanol–water partition coefficient (Wildman–Crippen LogP) is 2.88. The summed E-state index contributed by atoms with van der Waals surface area (Å²) < 4.78 is 5.51. The van der Waals surface area contributed by atoms with Gasteiger partial charge in [0.15, 0.2) is 0 Å². The van der Waals surface area contributed by atoms with Crippen LogP contribution in [0.3, 0.4) is 0 Å². The molecule has 1 fully saturated rings. The molecule has 0 aliphatic heterocycles. The average molecular weight is 262 g/mol. The summed E-state index contributed by atoms with van der Waals surface area (Å²) in [4.78, 5) is 11.9. The van der Waals surface area contributed by atoms with Gasteiger partial charge in [-0.2, -0.15) is 0 Å². The van der Waals surface area contributed by atoms with Crippen molar-refractivity contribution in [3.05, 3.63) is 35.9 Å². The first-order chi connectivity index (χ1) is 9.20. The van der Waals surface area contributed by atoms with Gasteiger partial charge in [0.2, 0.25) is 0 Å². The van der Waals surface area contributed by atoms with Gasteiger partial charge in [-0.3, -0.25) is 4.79 Å². The monoisotopic (exact) mass is 262 g/mol. The van der Waals surface area contributed by atoms with E-state index in [2.05, 4.69) is 0 Å². The van der Waals surface area contributed by atoms with Gasteiger partial charge in [-0.05, 0) is 30.7 Å². The van der Waals surface area contributed by atoms with Gasteiger partial charge in [0.05, 0.1) is 6.42 Å². The molecule has 0 amide bonds. The molecule has 0 unspecified atom stereocenters. The van der Waals surface area contributed by atoms with E-state index in [4.69, 9.17) is 4.74 Å². The van der Waals surface area contributed by atoms with Crippen LogP contribution in [-0.2, 0) is 9.53 Å². The molecule has 0 heterocycles. The molecule has 3 heteroatoms. The zero-order valence-electron chi connectivity index (χ0n) is 11.4. The lowest BCUT2D eigenvalue weighted by atomic mass is 9.98. The van der Waals surface area contributed by atoms with Crippen LogP contribution in [0.2, 0.25) is 0 Å². The highest BCUT2D eigenvalue weighted by Crippen LogP contribution is 2.29. The highest BCUT2D eigenvalue weighted by atomic mass is 16.5. The van der Waals surface area contributed by atoms with Crippen molar-refractivity contribution in [3.63, 3.8) is 0 Å². The summed E-state index contributed by atoms with van der Waals surface area (Å²) in [6.45, 7) is 2.15. The Balaban J connectivity index is 1.84. The lowest BCUT2D eigenvalue weighted by molar-refractivity contribution is -0.151. The van der Waals surface area contributed by atoms with Crippen molar-refractivity contribution in [1.82, 2.24) is 0 Å². The second-order valence-corrected chi connectivity index (χ2v) is 5.42. The number of rotatable bonds is 5.